The van der Waals surface area contributed by atoms with Crippen LogP contribution < -0.4 is 5.14 Å². The first-order chi connectivity index (χ1) is 13.8. The van der Waals surface area contributed by atoms with Crippen LogP contribution in [0.1, 0.15) is 0 Å². The monoisotopic (exact) mass is 425 g/mol. The molecule has 3 aromatic carbocycles. The lowest BCUT2D eigenvalue weighted by atomic mass is 10.1. The van der Waals surface area contributed by atoms with E-state index < -0.39 is 10.0 Å². The fraction of sp³-hybridized carbons (Fsp3) is 0. The topological polar surface area (TPSA) is 98.2 Å². The molecule has 4 aromatic rings. The molecule has 0 aliphatic rings. The van der Waals surface area contributed by atoms with Crippen molar-refractivity contribution in [2.24, 2.45) is 5.14 Å². The zero-order valence-corrected chi connectivity index (χ0v) is 16.6. The number of hydrogen-bond acceptors (Lipinski definition) is 4. The fourth-order valence-electron chi connectivity index (χ4n) is 2.95. The van der Waals surface area contributed by atoms with Gasteiger partial charge < -0.3 is 5.11 Å². The third-order valence-corrected chi connectivity index (χ3v) is 5.60. The van der Waals surface area contributed by atoms with E-state index in [9.17, 15) is 13.5 Å². The molecule has 0 atom stereocenters. The van der Waals surface area contributed by atoms with Crippen molar-refractivity contribution >= 4 is 21.6 Å². The van der Waals surface area contributed by atoms with Crippen LogP contribution in [0.25, 0.3) is 28.2 Å². The van der Waals surface area contributed by atoms with Gasteiger partial charge in [0, 0.05) is 16.1 Å². The lowest BCUT2D eigenvalue weighted by Crippen LogP contribution is -2.12. The maximum Gasteiger partial charge on any atom is 0.238 e. The Labute approximate surface area is 172 Å². The van der Waals surface area contributed by atoms with Crippen molar-refractivity contribution in [3.8, 4) is 34.0 Å². The Balaban J connectivity index is 1.86. The van der Waals surface area contributed by atoms with Crippen molar-refractivity contribution in [3.05, 3.63) is 83.9 Å². The van der Waals surface area contributed by atoms with E-state index in [2.05, 4.69) is 0 Å². The summed E-state index contributed by atoms with van der Waals surface area (Å²) in [5, 5.41) is 20.1. The Kier molecular flexibility index (Phi) is 4.87. The molecule has 6 nitrogen and oxygen atoms in total. The van der Waals surface area contributed by atoms with Gasteiger partial charge in [0.15, 0.2) is 0 Å². The van der Waals surface area contributed by atoms with Crippen LogP contribution in [0, 0.1) is 0 Å². The van der Waals surface area contributed by atoms with E-state index in [1.54, 1.807) is 53.2 Å². The van der Waals surface area contributed by atoms with Gasteiger partial charge in [-0.2, -0.15) is 5.10 Å². The van der Waals surface area contributed by atoms with Gasteiger partial charge in [-0.25, -0.2) is 18.2 Å². The predicted octanol–water partition coefficient (Wildman–Crippen LogP) is 4.21. The van der Waals surface area contributed by atoms with Crippen LogP contribution in [0.15, 0.2) is 83.8 Å². The lowest BCUT2D eigenvalue weighted by molar-refractivity contribution is 0.475. The molecule has 4 rings (SSSR count). The number of benzene rings is 3. The molecule has 0 bridgehead atoms. The number of aromatic nitrogens is 2. The van der Waals surface area contributed by atoms with E-state index in [0.29, 0.717) is 10.7 Å². The second kappa shape index (κ2) is 7.36. The molecular weight excluding hydrogens is 410 g/mol. The molecule has 3 N–H and O–H groups in total. The molecule has 146 valence electrons. The van der Waals surface area contributed by atoms with Gasteiger partial charge in [0.05, 0.1) is 22.0 Å². The quantitative estimate of drug-likeness (QED) is 0.511. The highest BCUT2D eigenvalue weighted by Gasteiger charge is 2.15. The number of aromatic hydroxyl groups is 1. The molecule has 0 amide bonds. The number of primary sulfonamides is 1. The summed E-state index contributed by atoms with van der Waals surface area (Å²) in [6.07, 6.45) is 0. The zero-order chi connectivity index (χ0) is 20.6. The Hall–Kier alpha value is -3.13. The highest BCUT2D eigenvalue weighted by molar-refractivity contribution is 7.89. The smallest absolute Gasteiger partial charge is 0.238 e. The summed E-state index contributed by atoms with van der Waals surface area (Å²) >= 11 is 5.99. The van der Waals surface area contributed by atoms with Gasteiger partial charge in [-0.15, -0.1) is 0 Å². The van der Waals surface area contributed by atoms with E-state index in [-0.39, 0.29) is 10.6 Å². The number of sulfonamides is 1. The molecule has 0 unspecified atom stereocenters. The van der Waals surface area contributed by atoms with Gasteiger partial charge in [0.2, 0.25) is 10.0 Å². The second-order valence-corrected chi connectivity index (χ2v) is 8.42. The molecule has 0 saturated heterocycles. The number of phenolic OH excluding ortho intramolecular Hbond substituents is 1. The van der Waals surface area contributed by atoms with E-state index in [4.69, 9.17) is 21.8 Å². The molecular formula is C21H16ClN3O3S. The van der Waals surface area contributed by atoms with Gasteiger partial charge >= 0.3 is 0 Å². The summed E-state index contributed by atoms with van der Waals surface area (Å²) in [4.78, 5) is 0.0255. The minimum absolute atomic E-state index is 0.0255. The van der Waals surface area contributed by atoms with Crippen molar-refractivity contribution < 1.29 is 13.5 Å². The summed E-state index contributed by atoms with van der Waals surface area (Å²) in [7, 11) is -3.78. The van der Waals surface area contributed by atoms with Gasteiger partial charge in [-0.05, 0) is 66.7 Å². The van der Waals surface area contributed by atoms with Crippen LogP contribution in [0.3, 0.4) is 0 Å². The number of nitrogens with two attached hydrogens (primary N) is 1. The summed E-state index contributed by atoms with van der Waals surface area (Å²) in [5.41, 5.74) is 3.89. The minimum atomic E-state index is -3.78. The van der Waals surface area contributed by atoms with Crippen LogP contribution in [0.5, 0.6) is 5.75 Å². The molecule has 8 heteroatoms. The van der Waals surface area contributed by atoms with Crippen LogP contribution in [-0.4, -0.2) is 23.3 Å². The molecule has 0 aliphatic heterocycles. The van der Waals surface area contributed by atoms with Crippen molar-refractivity contribution in [3.63, 3.8) is 0 Å². The Bertz CT molecular complexity index is 1260. The number of halogens is 1. The first-order valence-electron chi connectivity index (χ1n) is 8.60. The molecule has 0 aliphatic carbocycles. The Morgan fingerprint density at radius 2 is 1.45 bits per heavy atom. The number of rotatable bonds is 4. The molecule has 0 saturated carbocycles. The lowest BCUT2D eigenvalue weighted by Gasteiger charge is -2.08. The zero-order valence-electron chi connectivity index (χ0n) is 15.0. The Morgan fingerprint density at radius 1 is 0.862 bits per heavy atom. The Morgan fingerprint density at radius 3 is 2.03 bits per heavy atom. The largest absolute Gasteiger partial charge is 0.508 e. The van der Waals surface area contributed by atoms with Crippen molar-refractivity contribution in [1.82, 2.24) is 9.78 Å². The van der Waals surface area contributed by atoms with Crippen molar-refractivity contribution in [2.75, 3.05) is 0 Å². The van der Waals surface area contributed by atoms with Crippen molar-refractivity contribution in [1.29, 1.82) is 0 Å². The second-order valence-electron chi connectivity index (χ2n) is 6.42. The SMILES string of the molecule is NS(=O)(=O)c1ccc(-n2nc(-c3ccc(Cl)cc3)cc2-c2ccc(O)cc2)cc1. The predicted molar refractivity (Wildman–Crippen MR) is 112 cm³/mol. The highest BCUT2D eigenvalue weighted by Crippen LogP contribution is 2.30. The summed E-state index contributed by atoms with van der Waals surface area (Å²) in [6.45, 7) is 0. The van der Waals surface area contributed by atoms with E-state index >= 15 is 0 Å². The van der Waals surface area contributed by atoms with Gasteiger partial charge in [0.1, 0.15) is 5.75 Å². The fourth-order valence-corrected chi connectivity index (χ4v) is 3.60. The van der Waals surface area contributed by atoms with Crippen LogP contribution >= 0.6 is 11.6 Å². The third kappa shape index (κ3) is 4.02. The number of nitrogens with zero attached hydrogens (tertiary/aromatic N) is 2. The summed E-state index contributed by atoms with van der Waals surface area (Å²) in [5.74, 6) is 0.162. The van der Waals surface area contributed by atoms with Crippen LogP contribution in [0.4, 0.5) is 0 Å². The van der Waals surface area contributed by atoms with Crippen LogP contribution in [0.2, 0.25) is 5.02 Å². The molecule has 29 heavy (non-hydrogen) atoms. The average molecular weight is 426 g/mol. The molecule has 0 spiro atoms. The molecule has 1 aromatic heterocycles. The highest BCUT2D eigenvalue weighted by atomic mass is 35.5. The average Bonchev–Trinajstić information content (AvgIpc) is 3.14. The van der Waals surface area contributed by atoms with Gasteiger partial charge in [0.25, 0.3) is 0 Å². The maximum atomic E-state index is 11.5. The van der Waals surface area contributed by atoms with Gasteiger partial charge in [-0.1, -0.05) is 23.7 Å². The maximum absolute atomic E-state index is 11.5. The minimum Gasteiger partial charge on any atom is -0.508 e. The summed E-state index contributed by atoms with van der Waals surface area (Å²) in [6, 6.07) is 22.2. The van der Waals surface area contributed by atoms with E-state index in [1.807, 2.05) is 18.2 Å². The van der Waals surface area contributed by atoms with Crippen LogP contribution in [-0.2, 0) is 10.0 Å². The number of phenols is 1. The molecule has 1 heterocycles. The molecule has 0 fully saturated rings. The van der Waals surface area contributed by atoms with Crippen molar-refractivity contribution in [2.45, 2.75) is 4.90 Å². The van der Waals surface area contributed by atoms with Gasteiger partial charge in [-0.3, -0.25) is 0 Å². The first kappa shape index (κ1) is 19.2. The first-order valence-corrected chi connectivity index (χ1v) is 10.5. The third-order valence-electron chi connectivity index (χ3n) is 4.42. The standard InChI is InChI=1S/C21H16ClN3O3S/c22-16-5-1-14(2-6-16)20-13-21(15-3-9-18(26)10-4-15)25(24-20)17-7-11-19(12-8-17)29(23,27)28/h1-13,26H,(H2,23,27,28). The summed E-state index contributed by atoms with van der Waals surface area (Å²) < 4.78 is 24.8. The number of hydrogen-bond donors (Lipinski definition) is 2. The molecule has 0 radical (unpaired) electrons. The van der Waals surface area contributed by atoms with E-state index in [1.165, 1.54) is 12.1 Å². The van der Waals surface area contributed by atoms with E-state index in [0.717, 1.165) is 22.5 Å². The normalized spacial score (nSPS) is 11.5.